The van der Waals surface area contributed by atoms with Crippen molar-refractivity contribution in [3.8, 4) is 0 Å². The number of methoxy groups -OCH3 is 1. The van der Waals surface area contributed by atoms with Crippen molar-refractivity contribution < 1.29 is 4.74 Å². The molecule has 0 aliphatic heterocycles. The number of rotatable bonds is 8. The maximum atomic E-state index is 4.76. The van der Waals surface area contributed by atoms with Gasteiger partial charge in [-0.05, 0) is 18.9 Å². The Labute approximate surface area is 88.2 Å². The number of allylic oxidation sites excluding steroid dienone is 5. The normalized spacial score (nSPS) is 12.1. The van der Waals surface area contributed by atoms with Crippen LogP contribution in [0.3, 0.4) is 0 Å². The fraction of sp³-hybridized carbons (Fsp3) is 0.538. The molecule has 80 valence electrons. The molecule has 0 heterocycles. The van der Waals surface area contributed by atoms with Gasteiger partial charge < -0.3 is 4.74 Å². The summed E-state index contributed by atoms with van der Waals surface area (Å²) in [4.78, 5) is 0. The third-order valence-corrected chi connectivity index (χ3v) is 1.91. The topological polar surface area (TPSA) is 9.23 Å². The number of hydrogen-bond donors (Lipinski definition) is 0. The molecule has 0 atom stereocenters. The Morgan fingerprint density at radius 3 is 2.43 bits per heavy atom. The lowest BCUT2D eigenvalue weighted by molar-refractivity contribution is 0.338. The first-order chi connectivity index (χ1) is 6.91. The van der Waals surface area contributed by atoms with Crippen LogP contribution in [0.1, 0.15) is 39.0 Å². The summed E-state index contributed by atoms with van der Waals surface area (Å²) >= 11 is 0. The highest BCUT2D eigenvalue weighted by Crippen LogP contribution is 2.02. The molecule has 0 rings (SSSR count). The largest absolute Gasteiger partial charge is 0.504 e. The average Bonchev–Trinajstić information content (AvgIpc) is 2.21. The van der Waals surface area contributed by atoms with E-state index in [0.717, 1.165) is 0 Å². The predicted molar refractivity (Wildman–Crippen MR) is 63.2 cm³/mol. The van der Waals surface area contributed by atoms with E-state index in [1.165, 1.54) is 32.1 Å². The van der Waals surface area contributed by atoms with Crippen LogP contribution in [0, 0.1) is 0 Å². The van der Waals surface area contributed by atoms with Gasteiger partial charge >= 0.3 is 0 Å². The van der Waals surface area contributed by atoms with E-state index in [1.807, 2.05) is 18.2 Å². The summed E-state index contributed by atoms with van der Waals surface area (Å²) in [5.74, 6) is 0. The molecule has 14 heavy (non-hydrogen) atoms. The summed E-state index contributed by atoms with van der Waals surface area (Å²) in [6.07, 6.45) is 18.4. The Bertz CT molecular complexity index is 178. The summed E-state index contributed by atoms with van der Waals surface area (Å²) in [7, 11) is 1.65. The van der Waals surface area contributed by atoms with Crippen LogP contribution in [0.5, 0.6) is 0 Å². The van der Waals surface area contributed by atoms with E-state index in [2.05, 4.69) is 19.1 Å². The summed E-state index contributed by atoms with van der Waals surface area (Å²) in [6, 6.07) is 0. The van der Waals surface area contributed by atoms with Crippen molar-refractivity contribution in [2.24, 2.45) is 0 Å². The minimum absolute atomic E-state index is 1.19. The van der Waals surface area contributed by atoms with Gasteiger partial charge in [0.25, 0.3) is 0 Å². The third-order valence-electron chi connectivity index (χ3n) is 1.91. The van der Waals surface area contributed by atoms with Crippen LogP contribution in [0.15, 0.2) is 36.6 Å². The maximum absolute atomic E-state index is 4.76. The van der Waals surface area contributed by atoms with E-state index >= 15 is 0 Å². The van der Waals surface area contributed by atoms with Crippen molar-refractivity contribution in [1.82, 2.24) is 0 Å². The fourth-order valence-electron chi connectivity index (χ4n) is 1.12. The number of ether oxygens (including phenoxy) is 1. The molecule has 0 amide bonds. The summed E-state index contributed by atoms with van der Waals surface area (Å²) < 4.78 is 4.76. The highest BCUT2D eigenvalue weighted by molar-refractivity contribution is 5.09. The minimum atomic E-state index is 1.19. The van der Waals surface area contributed by atoms with Gasteiger partial charge in [0.1, 0.15) is 0 Å². The Hall–Kier alpha value is -0.980. The molecule has 0 aliphatic carbocycles. The Morgan fingerprint density at radius 2 is 1.71 bits per heavy atom. The van der Waals surface area contributed by atoms with E-state index in [0.29, 0.717) is 0 Å². The van der Waals surface area contributed by atoms with E-state index in [4.69, 9.17) is 4.74 Å². The molecule has 1 heteroatoms. The first kappa shape index (κ1) is 13.0. The van der Waals surface area contributed by atoms with Gasteiger partial charge in [-0.1, -0.05) is 50.5 Å². The van der Waals surface area contributed by atoms with Gasteiger partial charge in [-0.3, -0.25) is 0 Å². The van der Waals surface area contributed by atoms with Crippen LogP contribution < -0.4 is 0 Å². The lowest BCUT2D eigenvalue weighted by Crippen LogP contribution is -1.72. The van der Waals surface area contributed by atoms with Crippen molar-refractivity contribution in [3.63, 3.8) is 0 Å². The van der Waals surface area contributed by atoms with Gasteiger partial charge in [-0.15, -0.1) is 0 Å². The molecule has 0 bridgehead atoms. The lowest BCUT2D eigenvalue weighted by atomic mass is 10.1. The van der Waals surface area contributed by atoms with E-state index < -0.39 is 0 Å². The zero-order valence-electron chi connectivity index (χ0n) is 9.41. The highest BCUT2D eigenvalue weighted by Gasteiger charge is 1.82. The molecule has 0 saturated carbocycles. The van der Waals surface area contributed by atoms with Crippen molar-refractivity contribution in [1.29, 1.82) is 0 Å². The molecule has 1 nitrogen and oxygen atoms in total. The average molecular weight is 194 g/mol. The Balaban J connectivity index is 3.26. The number of hydrogen-bond acceptors (Lipinski definition) is 1. The zero-order valence-corrected chi connectivity index (χ0v) is 9.41. The summed E-state index contributed by atoms with van der Waals surface area (Å²) in [5.41, 5.74) is 0. The number of unbranched alkanes of at least 4 members (excludes halogenated alkanes) is 4. The van der Waals surface area contributed by atoms with Gasteiger partial charge in [0.2, 0.25) is 0 Å². The molecule has 0 aromatic heterocycles. The van der Waals surface area contributed by atoms with Gasteiger partial charge in [-0.2, -0.15) is 0 Å². The second kappa shape index (κ2) is 12.0. The third kappa shape index (κ3) is 11.0. The molecule has 0 N–H and O–H groups in total. The first-order valence-electron chi connectivity index (χ1n) is 5.43. The molecule has 0 aromatic carbocycles. The van der Waals surface area contributed by atoms with Crippen molar-refractivity contribution in [2.75, 3.05) is 7.11 Å². The van der Waals surface area contributed by atoms with Crippen LogP contribution in [-0.4, -0.2) is 7.11 Å². The van der Waals surface area contributed by atoms with Gasteiger partial charge in [0, 0.05) is 0 Å². The molecule has 0 aromatic rings. The fourth-order valence-corrected chi connectivity index (χ4v) is 1.12. The van der Waals surface area contributed by atoms with Crippen LogP contribution in [0.4, 0.5) is 0 Å². The first-order valence-corrected chi connectivity index (χ1v) is 5.43. The van der Waals surface area contributed by atoms with Gasteiger partial charge in [0.05, 0.1) is 13.4 Å². The Morgan fingerprint density at radius 1 is 0.929 bits per heavy atom. The predicted octanol–water partition coefficient (Wildman–Crippen LogP) is 4.23. The molecular weight excluding hydrogens is 172 g/mol. The molecule has 0 unspecified atom stereocenters. The molecule has 0 fully saturated rings. The molecular formula is C13H22O. The standard InChI is InChI=1S/C13H22O/c1-3-4-5-6-7-8-9-10-11-12-13-14-2/h8-13H,3-7H2,1-2H3. The van der Waals surface area contributed by atoms with Gasteiger partial charge in [0.15, 0.2) is 0 Å². The second-order valence-electron chi connectivity index (χ2n) is 3.23. The molecule has 0 saturated heterocycles. The van der Waals surface area contributed by atoms with Gasteiger partial charge in [-0.25, -0.2) is 0 Å². The molecule has 0 spiro atoms. The van der Waals surface area contributed by atoms with Crippen LogP contribution in [0.2, 0.25) is 0 Å². The van der Waals surface area contributed by atoms with Crippen LogP contribution in [-0.2, 0) is 4.74 Å². The van der Waals surface area contributed by atoms with E-state index in [9.17, 15) is 0 Å². The quantitative estimate of drug-likeness (QED) is 0.319. The monoisotopic (exact) mass is 194 g/mol. The summed E-state index contributed by atoms with van der Waals surface area (Å²) in [5, 5.41) is 0. The maximum Gasteiger partial charge on any atom is 0.0824 e. The molecule has 0 aliphatic rings. The van der Waals surface area contributed by atoms with Crippen molar-refractivity contribution in [3.05, 3.63) is 36.6 Å². The minimum Gasteiger partial charge on any atom is -0.504 e. The van der Waals surface area contributed by atoms with Crippen molar-refractivity contribution >= 4 is 0 Å². The van der Waals surface area contributed by atoms with E-state index in [1.54, 1.807) is 13.4 Å². The van der Waals surface area contributed by atoms with Crippen LogP contribution >= 0.6 is 0 Å². The molecule has 0 radical (unpaired) electrons. The second-order valence-corrected chi connectivity index (χ2v) is 3.23. The SMILES string of the molecule is CCCCCCC=CC=CC=COC. The highest BCUT2D eigenvalue weighted by atomic mass is 16.5. The Kier molecular flexibility index (Phi) is 11.2. The smallest absolute Gasteiger partial charge is 0.0824 e. The zero-order chi connectivity index (χ0) is 10.5. The summed E-state index contributed by atoms with van der Waals surface area (Å²) in [6.45, 7) is 2.24. The van der Waals surface area contributed by atoms with Crippen molar-refractivity contribution in [2.45, 2.75) is 39.0 Å². The lowest BCUT2D eigenvalue weighted by Gasteiger charge is -1.92. The van der Waals surface area contributed by atoms with Crippen LogP contribution in [0.25, 0.3) is 0 Å². The van der Waals surface area contributed by atoms with E-state index in [-0.39, 0.29) is 0 Å².